The number of hydrogen-bond acceptors (Lipinski definition) is 2. The van der Waals surface area contributed by atoms with Gasteiger partial charge in [0.05, 0.1) is 0 Å². The summed E-state index contributed by atoms with van der Waals surface area (Å²) in [6, 6.07) is 15.0. The Morgan fingerprint density at radius 1 is 1.14 bits per heavy atom. The standard InChI is InChI=1S/C17H15ClN2S/c18-12-5-6-15-14(9-12)16(17-19-7-8-20-17)13-4-2-1-3-11(13)10-21-15/h1-6,9,16H,7-8,10H2,(H,19,20)/p+1/t16-/m0/s1. The van der Waals surface area contributed by atoms with Gasteiger partial charge in [0, 0.05) is 15.7 Å². The number of fused-ring (bicyclic) bond motifs is 2. The van der Waals surface area contributed by atoms with Crippen LogP contribution in [0, 0.1) is 0 Å². The molecule has 2 aromatic rings. The summed E-state index contributed by atoms with van der Waals surface area (Å²) in [4.78, 5) is 4.83. The van der Waals surface area contributed by atoms with Crippen molar-refractivity contribution in [3.8, 4) is 0 Å². The predicted octanol–water partition coefficient (Wildman–Crippen LogP) is 2.16. The Hall–Kier alpha value is -1.45. The van der Waals surface area contributed by atoms with Gasteiger partial charge in [0.15, 0.2) is 0 Å². The van der Waals surface area contributed by atoms with E-state index in [2.05, 4.69) is 46.7 Å². The zero-order valence-electron chi connectivity index (χ0n) is 11.5. The first-order valence-corrected chi connectivity index (χ1v) is 8.54. The summed E-state index contributed by atoms with van der Waals surface area (Å²) in [5.74, 6) is 2.44. The summed E-state index contributed by atoms with van der Waals surface area (Å²) in [5.41, 5.74) is 4.08. The molecule has 2 aromatic carbocycles. The molecule has 0 spiro atoms. The number of rotatable bonds is 1. The second-order valence-corrected chi connectivity index (χ2v) is 6.82. The number of benzene rings is 2. The first-order valence-electron chi connectivity index (χ1n) is 7.17. The molecule has 0 bridgehead atoms. The third-order valence-electron chi connectivity index (χ3n) is 4.08. The van der Waals surface area contributed by atoms with E-state index in [4.69, 9.17) is 11.6 Å². The van der Waals surface area contributed by atoms with E-state index in [9.17, 15) is 0 Å². The average molecular weight is 316 g/mol. The minimum absolute atomic E-state index is 0.229. The maximum absolute atomic E-state index is 6.27. The highest BCUT2D eigenvalue weighted by atomic mass is 35.5. The highest BCUT2D eigenvalue weighted by molar-refractivity contribution is 7.98. The molecule has 4 rings (SSSR count). The fraction of sp³-hybridized carbons (Fsp3) is 0.235. The monoisotopic (exact) mass is 315 g/mol. The zero-order chi connectivity index (χ0) is 14.2. The summed E-state index contributed by atoms with van der Waals surface area (Å²) >= 11 is 8.17. The highest BCUT2D eigenvalue weighted by Crippen LogP contribution is 2.41. The fourth-order valence-electron chi connectivity index (χ4n) is 3.12. The number of thioether (sulfide) groups is 1. The number of nitrogens with one attached hydrogen (secondary N) is 2. The normalized spacial score (nSPS) is 20.0. The Balaban J connectivity index is 1.95. The van der Waals surface area contributed by atoms with E-state index in [1.165, 1.54) is 27.4 Å². The van der Waals surface area contributed by atoms with Crippen LogP contribution in [0.25, 0.3) is 0 Å². The topological polar surface area (TPSA) is 26.0 Å². The molecule has 21 heavy (non-hydrogen) atoms. The van der Waals surface area contributed by atoms with Crippen molar-refractivity contribution < 1.29 is 4.99 Å². The largest absolute Gasteiger partial charge is 0.274 e. The Kier molecular flexibility index (Phi) is 3.40. The SMILES string of the molecule is Clc1ccc2c(c1)[C@@H](C1=[NH+]CCN1)c1ccccc1CS2. The quantitative estimate of drug-likeness (QED) is 0.843. The predicted molar refractivity (Wildman–Crippen MR) is 88.1 cm³/mol. The van der Waals surface area contributed by atoms with Crippen molar-refractivity contribution in [3.63, 3.8) is 0 Å². The number of halogens is 1. The van der Waals surface area contributed by atoms with Crippen molar-refractivity contribution in [2.45, 2.75) is 16.6 Å². The maximum Gasteiger partial charge on any atom is 0.255 e. The summed E-state index contributed by atoms with van der Waals surface area (Å²) in [5, 5.41) is 4.31. The molecule has 0 aliphatic carbocycles. The van der Waals surface area contributed by atoms with Crippen LogP contribution >= 0.6 is 23.4 Å². The maximum atomic E-state index is 6.27. The van der Waals surface area contributed by atoms with Gasteiger partial charge in [-0.2, -0.15) is 0 Å². The van der Waals surface area contributed by atoms with Crippen molar-refractivity contribution in [1.82, 2.24) is 5.32 Å². The Morgan fingerprint density at radius 2 is 2.05 bits per heavy atom. The van der Waals surface area contributed by atoms with Crippen LogP contribution in [0.15, 0.2) is 47.4 Å². The lowest BCUT2D eigenvalue weighted by molar-refractivity contribution is -0.446. The molecular weight excluding hydrogens is 300 g/mol. The van der Waals surface area contributed by atoms with Crippen LogP contribution in [-0.4, -0.2) is 18.9 Å². The lowest BCUT2D eigenvalue weighted by Gasteiger charge is -2.17. The van der Waals surface area contributed by atoms with Gasteiger partial charge in [-0.1, -0.05) is 35.9 Å². The van der Waals surface area contributed by atoms with Gasteiger partial charge in [-0.15, -0.1) is 11.8 Å². The van der Waals surface area contributed by atoms with Crippen LogP contribution in [0.2, 0.25) is 5.02 Å². The van der Waals surface area contributed by atoms with E-state index in [1.807, 2.05) is 17.8 Å². The van der Waals surface area contributed by atoms with Crippen LogP contribution in [-0.2, 0) is 5.75 Å². The molecule has 4 heteroatoms. The molecule has 0 saturated carbocycles. The molecule has 2 aliphatic heterocycles. The van der Waals surface area contributed by atoms with Crippen molar-refractivity contribution >= 4 is 29.2 Å². The summed E-state index contributed by atoms with van der Waals surface area (Å²) in [6.45, 7) is 1.97. The summed E-state index contributed by atoms with van der Waals surface area (Å²) in [7, 11) is 0. The van der Waals surface area contributed by atoms with Crippen LogP contribution in [0.5, 0.6) is 0 Å². The second-order valence-electron chi connectivity index (χ2n) is 5.37. The van der Waals surface area contributed by atoms with Gasteiger partial charge in [0.25, 0.3) is 5.84 Å². The van der Waals surface area contributed by atoms with Gasteiger partial charge in [-0.25, -0.2) is 0 Å². The van der Waals surface area contributed by atoms with Gasteiger partial charge in [0.1, 0.15) is 19.0 Å². The molecule has 0 amide bonds. The lowest BCUT2D eigenvalue weighted by atomic mass is 9.87. The molecule has 106 valence electrons. The van der Waals surface area contributed by atoms with Crippen molar-refractivity contribution in [1.29, 1.82) is 0 Å². The van der Waals surface area contributed by atoms with Gasteiger partial charge in [-0.3, -0.25) is 10.3 Å². The van der Waals surface area contributed by atoms with E-state index >= 15 is 0 Å². The summed E-state index contributed by atoms with van der Waals surface area (Å²) in [6.07, 6.45) is 0. The Bertz CT molecular complexity index is 726. The van der Waals surface area contributed by atoms with Crippen LogP contribution < -0.4 is 10.3 Å². The zero-order valence-corrected chi connectivity index (χ0v) is 13.1. The molecule has 0 radical (unpaired) electrons. The minimum atomic E-state index is 0.229. The second kappa shape index (κ2) is 5.39. The van der Waals surface area contributed by atoms with Crippen LogP contribution in [0.1, 0.15) is 22.6 Å². The van der Waals surface area contributed by atoms with Gasteiger partial charge in [0.2, 0.25) is 0 Å². The molecule has 1 atom stereocenters. The van der Waals surface area contributed by atoms with Crippen LogP contribution in [0.3, 0.4) is 0 Å². The average Bonchev–Trinajstić information content (AvgIpc) is 2.97. The van der Waals surface area contributed by atoms with Crippen molar-refractivity contribution in [2.75, 3.05) is 13.1 Å². The molecule has 2 heterocycles. The Morgan fingerprint density at radius 3 is 2.90 bits per heavy atom. The highest BCUT2D eigenvalue weighted by Gasteiger charge is 2.33. The molecular formula is C17H16ClN2S+. The molecule has 0 unspecified atom stereocenters. The molecule has 0 saturated heterocycles. The van der Waals surface area contributed by atoms with E-state index < -0.39 is 0 Å². The third-order valence-corrected chi connectivity index (χ3v) is 5.45. The van der Waals surface area contributed by atoms with E-state index in [0.29, 0.717) is 0 Å². The van der Waals surface area contributed by atoms with Crippen LogP contribution in [0.4, 0.5) is 0 Å². The lowest BCUT2D eigenvalue weighted by Crippen LogP contribution is -2.71. The molecule has 2 aliphatic rings. The molecule has 2 nitrogen and oxygen atoms in total. The number of amidine groups is 1. The van der Waals surface area contributed by atoms with Gasteiger partial charge >= 0.3 is 0 Å². The smallest absolute Gasteiger partial charge is 0.255 e. The van der Waals surface area contributed by atoms with Gasteiger partial charge < -0.3 is 0 Å². The first-order chi connectivity index (χ1) is 10.3. The van der Waals surface area contributed by atoms with Crippen molar-refractivity contribution in [3.05, 3.63) is 64.2 Å². The van der Waals surface area contributed by atoms with E-state index in [-0.39, 0.29) is 5.92 Å². The Labute approximate surface area is 133 Å². The first kappa shape index (κ1) is 13.2. The molecule has 2 N–H and O–H groups in total. The van der Waals surface area contributed by atoms with E-state index in [0.717, 1.165) is 23.9 Å². The summed E-state index contributed by atoms with van der Waals surface area (Å²) < 4.78 is 0. The molecule has 0 aromatic heterocycles. The van der Waals surface area contributed by atoms with Gasteiger partial charge in [-0.05, 0) is 34.9 Å². The van der Waals surface area contributed by atoms with E-state index in [1.54, 1.807) is 0 Å². The third kappa shape index (κ3) is 2.34. The van der Waals surface area contributed by atoms with Crippen molar-refractivity contribution in [2.24, 2.45) is 0 Å². The number of hydrogen-bond donors (Lipinski definition) is 2. The fourth-order valence-corrected chi connectivity index (χ4v) is 4.38. The minimum Gasteiger partial charge on any atom is -0.274 e. The molecule has 0 fully saturated rings.